The largest absolute Gasteiger partial charge is 0.496 e. The molecule has 0 aliphatic carbocycles. The number of hydrogen-bond acceptors (Lipinski definition) is 6. The van der Waals surface area contributed by atoms with Crippen molar-refractivity contribution in [1.82, 2.24) is 14.6 Å². The minimum absolute atomic E-state index is 0.124. The quantitative estimate of drug-likeness (QED) is 0.433. The number of benzene rings is 2. The lowest BCUT2D eigenvalue weighted by atomic mass is 9.99. The standard InChI is InChI=1S/C26H26N6O/c1-16-13-20(14-17(2)28-16)23-24(18-9-5-4-6-10-18)30-26(27)32-25(23)29-22(31-32)15-19-11-7-8-12-21(19)33-3/h4-14,22,27,29,31H,15H2,1-3H3. The summed E-state index contributed by atoms with van der Waals surface area (Å²) in [6.45, 7) is 3.99. The number of aryl methyl sites for hydroxylation is 2. The maximum Gasteiger partial charge on any atom is 0.243 e. The van der Waals surface area contributed by atoms with Crippen LogP contribution in [0.25, 0.3) is 22.4 Å². The van der Waals surface area contributed by atoms with Crippen molar-refractivity contribution in [2.45, 2.75) is 26.4 Å². The Morgan fingerprint density at radius 3 is 2.36 bits per heavy atom. The summed E-state index contributed by atoms with van der Waals surface area (Å²) < 4.78 is 7.26. The van der Waals surface area contributed by atoms with Gasteiger partial charge >= 0.3 is 0 Å². The Kier molecular flexibility index (Phi) is 5.30. The lowest BCUT2D eigenvalue weighted by molar-refractivity contribution is 0.409. The Labute approximate surface area is 192 Å². The number of hydrogen-bond donors (Lipinski definition) is 3. The summed E-state index contributed by atoms with van der Waals surface area (Å²) in [4.78, 5) is 9.26. The van der Waals surface area contributed by atoms with Gasteiger partial charge in [0.15, 0.2) is 0 Å². The zero-order chi connectivity index (χ0) is 22.9. The first kappa shape index (κ1) is 20.8. The molecule has 5 rings (SSSR count). The van der Waals surface area contributed by atoms with Gasteiger partial charge in [-0.25, -0.2) is 9.66 Å². The van der Waals surface area contributed by atoms with Crippen molar-refractivity contribution in [3.05, 3.63) is 89.3 Å². The van der Waals surface area contributed by atoms with Gasteiger partial charge in [-0.2, -0.15) is 0 Å². The first-order valence-electron chi connectivity index (χ1n) is 10.9. The van der Waals surface area contributed by atoms with Gasteiger partial charge in [0.2, 0.25) is 5.62 Å². The van der Waals surface area contributed by atoms with E-state index in [1.807, 2.05) is 62.4 Å². The van der Waals surface area contributed by atoms with Gasteiger partial charge in [0.05, 0.1) is 18.4 Å². The second-order valence-corrected chi connectivity index (χ2v) is 8.19. The molecule has 0 fully saturated rings. The predicted molar refractivity (Wildman–Crippen MR) is 130 cm³/mol. The minimum atomic E-state index is -0.124. The van der Waals surface area contributed by atoms with Gasteiger partial charge in [-0.05, 0) is 43.2 Å². The molecule has 1 atom stereocenters. The van der Waals surface area contributed by atoms with Crippen LogP contribution in [0.5, 0.6) is 5.75 Å². The van der Waals surface area contributed by atoms with Crippen LogP contribution in [0.15, 0.2) is 66.7 Å². The predicted octanol–water partition coefficient (Wildman–Crippen LogP) is 4.25. The molecule has 0 radical (unpaired) electrons. The van der Waals surface area contributed by atoms with Crippen molar-refractivity contribution in [3.63, 3.8) is 0 Å². The van der Waals surface area contributed by atoms with E-state index in [1.54, 1.807) is 11.8 Å². The van der Waals surface area contributed by atoms with E-state index in [0.717, 1.165) is 50.9 Å². The zero-order valence-electron chi connectivity index (χ0n) is 18.9. The van der Waals surface area contributed by atoms with Crippen LogP contribution >= 0.6 is 0 Å². The molecule has 3 N–H and O–H groups in total. The van der Waals surface area contributed by atoms with Gasteiger partial charge < -0.3 is 10.1 Å². The van der Waals surface area contributed by atoms with E-state index >= 15 is 0 Å². The molecule has 0 bridgehead atoms. The molecule has 0 saturated carbocycles. The van der Waals surface area contributed by atoms with Gasteiger partial charge in [0.25, 0.3) is 0 Å². The number of methoxy groups -OCH3 is 1. The minimum Gasteiger partial charge on any atom is -0.496 e. The normalized spacial score (nSPS) is 14.3. The van der Waals surface area contributed by atoms with E-state index in [1.165, 1.54) is 0 Å². The van der Waals surface area contributed by atoms with Gasteiger partial charge in [-0.3, -0.25) is 15.8 Å². The molecule has 2 aromatic heterocycles. The smallest absolute Gasteiger partial charge is 0.243 e. The lowest BCUT2D eigenvalue weighted by Gasteiger charge is -2.16. The highest BCUT2D eigenvalue weighted by atomic mass is 16.5. The number of nitrogens with zero attached hydrogens (tertiary/aromatic N) is 3. The average molecular weight is 439 g/mol. The number of pyridine rings is 1. The number of fused-ring (bicyclic) bond motifs is 1. The second-order valence-electron chi connectivity index (χ2n) is 8.19. The van der Waals surface area contributed by atoms with E-state index in [-0.39, 0.29) is 11.8 Å². The van der Waals surface area contributed by atoms with Crippen LogP contribution in [0.2, 0.25) is 0 Å². The highest BCUT2D eigenvalue weighted by Crippen LogP contribution is 2.37. The molecule has 4 aromatic rings. The average Bonchev–Trinajstić information content (AvgIpc) is 3.23. The van der Waals surface area contributed by atoms with Gasteiger partial charge in [0, 0.05) is 23.4 Å². The summed E-state index contributed by atoms with van der Waals surface area (Å²) in [6, 6.07) is 22.1. The fourth-order valence-electron chi connectivity index (χ4n) is 4.40. The summed E-state index contributed by atoms with van der Waals surface area (Å²) >= 11 is 0. The maximum atomic E-state index is 8.65. The van der Waals surface area contributed by atoms with Gasteiger partial charge in [-0.1, -0.05) is 48.5 Å². The Hall–Kier alpha value is -4.13. The maximum absolute atomic E-state index is 8.65. The fraction of sp³-hybridized carbons (Fsp3) is 0.192. The Morgan fingerprint density at radius 2 is 1.64 bits per heavy atom. The van der Waals surface area contributed by atoms with Crippen LogP contribution in [0.3, 0.4) is 0 Å². The van der Waals surface area contributed by atoms with E-state index < -0.39 is 0 Å². The summed E-state index contributed by atoms with van der Waals surface area (Å²) in [5.41, 5.74) is 10.2. The van der Waals surface area contributed by atoms with Crippen LogP contribution in [0.1, 0.15) is 17.0 Å². The summed E-state index contributed by atoms with van der Waals surface area (Å²) in [5, 5.41) is 12.3. The molecule has 0 amide bonds. The highest BCUT2D eigenvalue weighted by Gasteiger charge is 2.28. The number of aromatic nitrogens is 3. The van der Waals surface area contributed by atoms with Gasteiger partial charge in [0.1, 0.15) is 17.7 Å². The number of anilines is 1. The second kappa shape index (κ2) is 8.43. The van der Waals surface area contributed by atoms with Crippen molar-refractivity contribution < 1.29 is 4.74 Å². The SMILES string of the molecule is COc1ccccc1CC1Nc2c(-c3cc(C)nc(C)c3)c(-c3ccccc3)nc(=N)n2N1. The van der Waals surface area contributed by atoms with Crippen LogP contribution in [0, 0.1) is 19.3 Å². The molecular formula is C26H26N6O. The number of ether oxygens (including phenoxy) is 1. The first-order chi connectivity index (χ1) is 16.0. The number of nitrogens with one attached hydrogen (secondary N) is 3. The fourth-order valence-corrected chi connectivity index (χ4v) is 4.40. The third kappa shape index (κ3) is 3.93. The van der Waals surface area contributed by atoms with Crippen molar-refractivity contribution in [1.29, 1.82) is 5.41 Å². The molecule has 2 aromatic carbocycles. The number of rotatable bonds is 5. The molecule has 0 saturated heterocycles. The third-order valence-electron chi connectivity index (χ3n) is 5.76. The summed E-state index contributed by atoms with van der Waals surface area (Å²) in [5.74, 6) is 1.66. The molecule has 1 unspecified atom stereocenters. The van der Waals surface area contributed by atoms with E-state index in [4.69, 9.17) is 15.1 Å². The van der Waals surface area contributed by atoms with Crippen molar-refractivity contribution in [2.75, 3.05) is 17.9 Å². The van der Waals surface area contributed by atoms with Crippen molar-refractivity contribution in [3.8, 4) is 28.1 Å². The van der Waals surface area contributed by atoms with Crippen molar-refractivity contribution in [2.24, 2.45) is 0 Å². The van der Waals surface area contributed by atoms with E-state index in [2.05, 4.69) is 33.9 Å². The third-order valence-corrected chi connectivity index (χ3v) is 5.76. The number of para-hydroxylation sites is 1. The highest BCUT2D eigenvalue weighted by molar-refractivity contribution is 5.89. The molecule has 7 heteroatoms. The molecule has 7 nitrogen and oxygen atoms in total. The first-order valence-corrected chi connectivity index (χ1v) is 10.9. The monoisotopic (exact) mass is 438 g/mol. The lowest BCUT2D eigenvalue weighted by Crippen LogP contribution is -2.33. The zero-order valence-corrected chi connectivity index (χ0v) is 18.9. The van der Waals surface area contributed by atoms with Crippen molar-refractivity contribution >= 4 is 5.82 Å². The van der Waals surface area contributed by atoms with E-state index in [9.17, 15) is 0 Å². The molecule has 1 aliphatic heterocycles. The van der Waals surface area contributed by atoms with Gasteiger partial charge in [-0.15, -0.1) is 0 Å². The summed E-state index contributed by atoms with van der Waals surface area (Å²) in [6.07, 6.45) is 0.556. The molecular weight excluding hydrogens is 412 g/mol. The topological polar surface area (TPSA) is 87.8 Å². The molecule has 0 spiro atoms. The Morgan fingerprint density at radius 1 is 0.939 bits per heavy atom. The molecule has 166 valence electrons. The van der Waals surface area contributed by atoms with Crippen LogP contribution < -0.4 is 21.1 Å². The molecule has 3 heterocycles. The Balaban J connectivity index is 1.65. The molecule has 33 heavy (non-hydrogen) atoms. The molecule has 1 aliphatic rings. The Bertz CT molecular complexity index is 1360. The van der Waals surface area contributed by atoms with Crippen LogP contribution in [-0.4, -0.2) is 27.9 Å². The summed E-state index contributed by atoms with van der Waals surface area (Å²) in [7, 11) is 1.68. The van der Waals surface area contributed by atoms with Crippen LogP contribution in [0.4, 0.5) is 5.82 Å². The van der Waals surface area contributed by atoms with E-state index in [0.29, 0.717) is 6.42 Å². The van der Waals surface area contributed by atoms with Crippen LogP contribution in [-0.2, 0) is 6.42 Å².